The largest absolute Gasteiger partial charge is 0.494 e. The Morgan fingerprint density at radius 3 is 2.71 bits per heavy atom. The van der Waals surface area contributed by atoms with Crippen LogP contribution in [0.4, 0.5) is 11.4 Å². The lowest BCUT2D eigenvalue weighted by atomic mass is 9.65. The summed E-state index contributed by atoms with van der Waals surface area (Å²) in [5, 5.41) is 6.08. The van der Waals surface area contributed by atoms with Gasteiger partial charge in [-0.05, 0) is 24.5 Å². The topological polar surface area (TPSA) is 50.4 Å². The zero-order valence-corrected chi connectivity index (χ0v) is 10.1. The van der Waals surface area contributed by atoms with Gasteiger partial charge in [-0.25, -0.2) is 0 Å². The predicted molar refractivity (Wildman–Crippen MR) is 66.7 cm³/mol. The van der Waals surface area contributed by atoms with Crippen molar-refractivity contribution in [2.45, 2.75) is 24.7 Å². The molecule has 0 bridgehead atoms. The molecule has 2 aliphatic rings. The quantitative estimate of drug-likeness (QED) is 0.821. The van der Waals surface area contributed by atoms with E-state index in [-0.39, 0.29) is 11.3 Å². The van der Waals surface area contributed by atoms with E-state index in [2.05, 4.69) is 16.7 Å². The van der Waals surface area contributed by atoms with Crippen molar-refractivity contribution in [1.82, 2.24) is 0 Å². The first-order valence-corrected chi connectivity index (χ1v) is 5.93. The molecule has 1 aromatic rings. The minimum atomic E-state index is -0.282. The number of anilines is 2. The average molecular weight is 232 g/mol. The highest BCUT2D eigenvalue weighted by Gasteiger charge is 2.52. The van der Waals surface area contributed by atoms with Crippen LogP contribution in [0.25, 0.3) is 0 Å². The molecule has 1 heterocycles. The van der Waals surface area contributed by atoms with Crippen LogP contribution in [0.2, 0.25) is 0 Å². The first-order valence-electron chi connectivity index (χ1n) is 5.93. The van der Waals surface area contributed by atoms with Gasteiger partial charge in [0.15, 0.2) is 0 Å². The Morgan fingerprint density at radius 2 is 2.18 bits per heavy atom. The van der Waals surface area contributed by atoms with Crippen molar-refractivity contribution in [2.24, 2.45) is 0 Å². The number of hydrogen-bond acceptors (Lipinski definition) is 3. The summed E-state index contributed by atoms with van der Waals surface area (Å²) in [5.74, 6) is 0.870. The Bertz CT molecular complexity index is 492. The third kappa shape index (κ3) is 1.21. The van der Waals surface area contributed by atoms with Crippen LogP contribution in [0.3, 0.4) is 0 Å². The van der Waals surface area contributed by atoms with Crippen molar-refractivity contribution in [2.75, 3.05) is 24.8 Å². The van der Waals surface area contributed by atoms with E-state index in [9.17, 15) is 4.79 Å². The van der Waals surface area contributed by atoms with E-state index in [1.54, 1.807) is 7.11 Å². The van der Waals surface area contributed by atoms with Crippen molar-refractivity contribution >= 4 is 17.3 Å². The van der Waals surface area contributed by atoms with E-state index in [1.165, 1.54) is 0 Å². The number of nitrogens with one attached hydrogen (secondary N) is 2. The number of ether oxygens (including phenoxy) is 1. The lowest BCUT2D eigenvalue weighted by molar-refractivity contribution is -0.123. The molecule has 4 heteroatoms. The highest BCUT2D eigenvalue weighted by atomic mass is 16.5. The average Bonchev–Trinajstić information content (AvgIpc) is 2.59. The molecule has 1 fully saturated rings. The highest BCUT2D eigenvalue weighted by molar-refractivity contribution is 6.08. The maximum Gasteiger partial charge on any atom is 0.235 e. The maximum atomic E-state index is 12.1. The van der Waals surface area contributed by atoms with E-state index in [0.29, 0.717) is 0 Å². The summed E-state index contributed by atoms with van der Waals surface area (Å²) in [4.78, 5) is 12.1. The second-order valence-electron chi connectivity index (χ2n) is 4.74. The van der Waals surface area contributed by atoms with Crippen LogP contribution >= 0.6 is 0 Å². The zero-order chi connectivity index (χ0) is 12.0. The molecule has 2 N–H and O–H groups in total. The van der Waals surface area contributed by atoms with Crippen LogP contribution in [-0.2, 0) is 10.2 Å². The molecule has 90 valence electrons. The van der Waals surface area contributed by atoms with Crippen molar-refractivity contribution in [3.63, 3.8) is 0 Å². The van der Waals surface area contributed by atoms with Gasteiger partial charge >= 0.3 is 0 Å². The van der Waals surface area contributed by atoms with Crippen LogP contribution < -0.4 is 15.4 Å². The molecule has 4 nitrogen and oxygen atoms in total. The van der Waals surface area contributed by atoms with Crippen LogP contribution in [0.5, 0.6) is 5.75 Å². The molecule has 1 amide bonds. The summed E-state index contributed by atoms with van der Waals surface area (Å²) in [6.45, 7) is 0. The van der Waals surface area contributed by atoms with Gasteiger partial charge < -0.3 is 15.4 Å². The predicted octanol–water partition coefficient (Wildman–Crippen LogP) is 2.11. The molecule has 0 aromatic heterocycles. The van der Waals surface area contributed by atoms with Crippen molar-refractivity contribution in [3.05, 3.63) is 17.7 Å². The van der Waals surface area contributed by atoms with E-state index in [0.717, 1.165) is 42.0 Å². The monoisotopic (exact) mass is 232 g/mol. The lowest BCUT2D eigenvalue weighted by Crippen LogP contribution is -2.40. The second kappa shape index (κ2) is 3.39. The fourth-order valence-electron chi connectivity index (χ4n) is 2.81. The van der Waals surface area contributed by atoms with Gasteiger partial charge in [0, 0.05) is 18.8 Å². The Morgan fingerprint density at radius 1 is 1.41 bits per heavy atom. The molecule has 1 saturated carbocycles. The summed E-state index contributed by atoms with van der Waals surface area (Å²) < 4.78 is 5.36. The van der Waals surface area contributed by atoms with E-state index >= 15 is 0 Å². The van der Waals surface area contributed by atoms with Gasteiger partial charge in [0.05, 0.1) is 18.2 Å². The Labute approximate surface area is 100 Å². The number of carbonyl (C=O) groups excluding carboxylic acids is 1. The van der Waals surface area contributed by atoms with Crippen LogP contribution in [0.15, 0.2) is 12.1 Å². The number of amides is 1. The lowest BCUT2D eigenvalue weighted by Gasteiger charge is -2.36. The second-order valence-corrected chi connectivity index (χ2v) is 4.74. The highest BCUT2D eigenvalue weighted by Crippen LogP contribution is 2.54. The van der Waals surface area contributed by atoms with Gasteiger partial charge in [0.2, 0.25) is 5.91 Å². The fourth-order valence-corrected chi connectivity index (χ4v) is 2.81. The Balaban J connectivity index is 2.19. The third-order valence-corrected chi connectivity index (χ3v) is 4.01. The minimum Gasteiger partial charge on any atom is -0.494 e. The summed E-state index contributed by atoms with van der Waals surface area (Å²) in [6, 6.07) is 3.98. The molecular weight excluding hydrogens is 216 g/mol. The molecule has 3 rings (SSSR count). The van der Waals surface area contributed by atoms with E-state index < -0.39 is 0 Å². The summed E-state index contributed by atoms with van der Waals surface area (Å²) in [7, 11) is 3.51. The maximum absolute atomic E-state index is 12.1. The van der Waals surface area contributed by atoms with Gasteiger partial charge in [0.1, 0.15) is 5.75 Å². The first kappa shape index (κ1) is 10.4. The number of rotatable bonds is 2. The molecule has 1 spiro atoms. The number of fused-ring (bicyclic) bond motifs is 2. The van der Waals surface area contributed by atoms with Crippen LogP contribution in [-0.4, -0.2) is 20.1 Å². The van der Waals surface area contributed by atoms with E-state index in [1.807, 2.05) is 13.1 Å². The van der Waals surface area contributed by atoms with Gasteiger partial charge in [-0.15, -0.1) is 0 Å². The molecule has 1 aliphatic heterocycles. The molecular formula is C13H16N2O2. The zero-order valence-electron chi connectivity index (χ0n) is 10.1. The van der Waals surface area contributed by atoms with Gasteiger partial charge in [-0.1, -0.05) is 6.42 Å². The molecule has 1 aromatic carbocycles. The molecule has 0 saturated heterocycles. The first-order chi connectivity index (χ1) is 8.21. The van der Waals surface area contributed by atoms with Gasteiger partial charge in [0.25, 0.3) is 0 Å². The number of methoxy groups -OCH3 is 1. The third-order valence-electron chi connectivity index (χ3n) is 4.01. The van der Waals surface area contributed by atoms with Gasteiger partial charge in [-0.3, -0.25) is 4.79 Å². The Hall–Kier alpha value is -1.71. The van der Waals surface area contributed by atoms with Crippen molar-refractivity contribution in [3.8, 4) is 5.75 Å². The normalized spacial score (nSPS) is 19.5. The smallest absolute Gasteiger partial charge is 0.235 e. The van der Waals surface area contributed by atoms with Crippen molar-refractivity contribution < 1.29 is 9.53 Å². The van der Waals surface area contributed by atoms with Gasteiger partial charge in [-0.2, -0.15) is 0 Å². The minimum absolute atomic E-state index is 0.130. The Kier molecular flexibility index (Phi) is 2.08. The summed E-state index contributed by atoms with van der Waals surface area (Å²) >= 11 is 0. The molecule has 0 unspecified atom stereocenters. The van der Waals surface area contributed by atoms with Crippen LogP contribution in [0, 0.1) is 0 Å². The fraction of sp³-hybridized carbons (Fsp3) is 0.462. The molecule has 1 aliphatic carbocycles. The molecule has 17 heavy (non-hydrogen) atoms. The number of hydrogen-bond donors (Lipinski definition) is 2. The van der Waals surface area contributed by atoms with Crippen molar-refractivity contribution in [1.29, 1.82) is 0 Å². The SMILES string of the molecule is CNc1cc(OC)c2c(c1)C1(CCC1)C(=O)N2. The molecule has 0 atom stereocenters. The summed E-state index contributed by atoms with van der Waals surface area (Å²) in [6.07, 6.45) is 3.02. The number of carbonyl (C=O) groups is 1. The standard InChI is InChI=1S/C13H16N2O2/c1-14-8-6-9-11(10(7-8)17-2)15-12(16)13(9)4-3-5-13/h6-7,14H,3-5H2,1-2H3,(H,15,16). The molecule has 0 radical (unpaired) electrons. The summed E-state index contributed by atoms with van der Waals surface area (Å²) in [5.41, 5.74) is 2.66. The van der Waals surface area contributed by atoms with Crippen LogP contribution in [0.1, 0.15) is 24.8 Å². The number of benzene rings is 1. The van der Waals surface area contributed by atoms with E-state index in [4.69, 9.17) is 4.74 Å².